The SMILES string of the molecule is Cc1c(Cl)cc(C(C)C)c(O)c1CCC(=O)O. The van der Waals surface area contributed by atoms with Crippen LogP contribution in [0.4, 0.5) is 0 Å². The van der Waals surface area contributed by atoms with Crippen LogP contribution in [0.15, 0.2) is 6.07 Å². The van der Waals surface area contributed by atoms with Gasteiger partial charge in [-0.2, -0.15) is 0 Å². The summed E-state index contributed by atoms with van der Waals surface area (Å²) in [4.78, 5) is 10.6. The van der Waals surface area contributed by atoms with Gasteiger partial charge in [0.25, 0.3) is 0 Å². The summed E-state index contributed by atoms with van der Waals surface area (Å²) in [7, 11) is 0. The molecule has 0 saturated carbocycles. The fourth-order valence-corrected chi connectivity index (χ4v) is 2.02. The third-order valence-corrected chi connectivity index (χ3v) is 3.26. The number of rotatable bonds is 4. The van der Waals surface area contributed by atoms with E-state index in [0.717, 1.165) is 11.1 Å². The number of hydrogen-bond acceptors (Lipinski definition) is 2. The Balaban J connectivity index is 3.21. The summed E-state index contributed by atoms with van der Waals surface area (Å²) < 4.78 is 0. The van der Waals surface area contributed by atoms with Crippen molar-refractivity contribution in [1.82, 2.24) is 0 Å². The molecule has 3 nitrogen and oxygen atoms in total. The topological polar surface area (TPSA) is 57.5 Å². The first-order valence-electron chi connectivity index (χ1n) is 5.57. The van der Waals surface area contributed by atoms with Crippen molar-refractivity contribution in [3.8, 4) is 5.75 Å². The Morgan fingerprint density at radius 3 is 2.53 bits per heavy atom. The molecule has 1 aromatic carbocycles. The number of phenols is 1. The van der Waals surface area contributed by atoms with E-state index in [4.69, 9.17) is 16.7 Å². The minimum Gasteiger partial charge on any atom is -0.507 e. The smallest absolute Gasteiger partial charge is 0.303 e. The Morgan fingerprint density at radius 2 is 2.06 bits per heavy atom. The van der Waals surface area contributed by atoms with Crippen molar-refractivity contribution in [3.63, 3.8) is 0 Å². The molecular formula is C13H17ClO3. The number of hydrogen-bond donors (Lipinski definition) is 2. The van der Waals surface area contributed by atoms with E-state index in [1.54, 1.807) is 13.0 Å². The molecule has 0 radical (unpaired) electrons. The zero-order chi connectivity index (χ0) is 13.2. The number of carbonyl (C=O) groups is 1. The van der Waals surface area contributed by atoms with Gasteiger partial charge in [0.05, 0.1) is 0 Å². The predicted molar refractivity (Wildman–Crippen MR) is 67.9 cm³/mol. The van der Waals surface area contributed by atoms with Gasteiger partial charge in [0, 0.05) is 11.4 Å². The van der Waals surface area contributed by atoms with Gasteiger partial charge in [-0.05, 0) is 42.0 Å². The van der Waals surface area contributed by atoms with Gasteiger partial charge in [-0.3, -0.25) is 4.79 Å². The summed E-state index contributed by atoms with van der Waals surface area (Å²) in [5.74, 6) is -0.547. The van der Waals surface area contributed by atoms with Gasteiger partial charge in [-0.25, -0.2) is 0 Å². The molecule has 2 N–H and O–H groups in total. The van der Waals surface area contributed by atoms with Gasteiger partial charge in [0.1, 0.15) is 5.75 Å². The fraction of sp³-hybridized carbons (Fsp3) is 0.462. The number of carboxylic acids is 1. The first-order chi connectivity index (χ1) is 7.84. The van der Waals surface area contributed by atoms with Crippen LogP contribution < -0.4 is 0 Å². The molecule has 0 aliphatic carbocycles. The second-order valence-corrected chi connectivity index (χ2v) is 4.86. The van der Waals surface area contributed by atoms with E-state index in [1.165, 1.54) is 0 Å². The highest BCUT2D eigenvalue weighted by Crippen LogP contribution is 2.36. The minimum atomic E-state index is -0.880. The largest absolute Gasteiger partial charge is 0.507 e. The molecule has 4 heteroatoms. The van der Waals surface area contributed by atoms with E-state index in [0.29, 0.717) is 17.0 Å². The summed E-state index contributed by atoms with van der Waals surface area (Å²) >= 11 is 6.09. The van der Waals surface area contributed by atoms with Crippen LogP contribution in [-0.2, 0) is 11.2 Å². The molecule has 0 saturated heterocycles. The van der Waals surface area contributed by atoms with Gasteiger partial charge in [-0.1, -0.05) is 25.4 Å². The molecule has 0 aliphatic rings. The molecule has 0 fully saturated rings. The standard InChI is InChI=1S/C13H17ClO3/c1-7(2)10-6-11(14)8(3)9(13(10)17)4-5-12(15)16/h6-7,17H,4-5H2,1-3H3,(H,15,16). The molecule has 0 aliphatic heterocycles. The molecule has 1 aromatic rings. The van der Waals surface area contributed by atoms with Crippen LogP contribution >= 0.6 is 11.6 Å². The van der Waals surface area contributed by atoms with Crippen LogP contribution in [0, 0.1) is 6.92 Å². The lowest BCUT2D eigenvalue weighted by atomic mass is 9.94. The number of aliphatic carboxylic acids is 1. The van der Waals surface area contributed by atoms with Crippen molar-refractivity contribution in [1.29, 1.82) is 0 Å². The fourth-order valence-electron chi connectivity index (χ4n) is 1.79. The highest BCUT2D eigenvalue weighted by molar-refractivity contribution is 6.31. The van der Waals surface area contributed by atoms with Gasteiger partial charge < -0.3 is 10.2 Å². The van der Waals surface area contributed by atoms with Crippen molar-refractivity contribution in [2.24, 2.45) is 0 Å². The Bertz CT molecular complexity index is 439. The Kier molecular flexibility index (Phi) is 4.40. The highest BCUT2D eigenvalue weighted by Gasteiger charge is 2.16. The zero-order valence-corrected chi connectivity index (χ0v) is 11.0. The lowest BCUT2D eigenvalue weighted by molar-refractivity contribution is -0.136. The van der Waals surface area contributed by atoms with E-state index < -0.39 is 5.97 Å². The lowest BCUT2D eigenvalue weighted by Gasteiger charge is -2.16. The summed E-state index contributed by atoms with van der Waals surface area (Å²) in [5.41, 5.74) is 2.17. The summed E-state index contributed by atoms with van der Waals surface area (Å²) in [5, 5.41) is 19.4. The second-order valence-electron chi connectivity index (χ2n) is 4.45. The summed E-state index contributed by atoms with van der Waals surface area (Å²) in [6.07, 6.45) is 0.291. The van der Waals surface area contributed by atoms with E-state index in [2.05, 4.69) is 0 Å². The second kappa shape index (κ2) is 5.41. The molecule has 94 valence electrons. The number of aromatic hydroxyl groups is 1. The normalized spacial score (nSPS) is 10.9. The zero-order valence-electron chi connectivity index (χ0n) is 10.2. The minimum absolute atomic E-state index is 0.00766. The van der Waals surface area contributed by atoms with E-state index in [9.17, 15) is 9.90 Å². The number of halogens is 1. The third kappa shape index (κ3) is 3.13. The van der Waals surface area contributed by atoms with E-state index >= 15 is 0 Å². The van der Waals surface area contributed by atoms with E-state index in [1.807, 2.05) is 13.8 Å². The Morgan fingerprint density at radius 1 is 1.47 bits per heavy atom. The van der Waals surface area contributed by atoms with Gasteiger partial charge in [-0.15, -0.1) is 0 Å². The Labute approximate surface area is 106 Å². The maximum atomic E-state index is 10.6. The number of phenolic OH excluding ortho intramolecular Hbond substituents is 1. The van der Waals surface area contributed by atoms with E-state index in [-0.39, 0.29) is 18.1 Å². The number of benzene rings is 1. The van der Waals surface area contributed by atoms with Crippen molar-refractivity contribution in [3.05, 3.63) is 27.8 Å². The molecule has 17 heavy (non-hydrogen) atoms. The molecule has 0 unspecified atom stereocenters. The number of carboxylic acid groups (broad SMARTS) is 1. The highest BCUT2D eigenvalue weighted by atomic mass is 35.5. The van der Waals surface area contributed by atoms with Crippen LogP contribution in [0.25, 0.3) is 0 Å². The van der Waals surface area contributed by atoms with Crippen molar-refractivity contribution < 1.29 is 15.0 Å². The first kappa shape index (κ1) is 13.8. The van der Waals surface area contributed by atoms with Crippen molar-refractivity contribution >= 4 is 17.6 Å². The average molecular weight is 257 g/mol. The summed E-state index contributed by atoms with van der Waals surface area (Å²) in [6.45, 7) is 5.72. The molecular weight excluding hydrogens is 240 g/mol. The quantitative estimate of drug-likeness (QED) is 0.867. The van der Waals surface area contributed by atoms with Crippen LogP contribution in [-0.4, -0.2) is 16.2 Å². The van der Waals surface area contributed by atoms with Crippen LogP contribution in [0.1, 0.15) is 42.9 Å². The van der Waals surface area contributed by atoms with Crippen molar-refractivity contribution in [2.75, 3.05) is 0 Å². The van der Waals surface area contributed by atoms with Crippen molar-refractivity contribution in [2.45, 2.75) is 39.5 Å². The maximum absolute atomic E-state index is 10.6. The van der Waals surface area contributed by atoms with Gasteiger partial charge in [0.15, 0.2) is 0 Å². The molecule has 0 amide bonds. The average Bonchev–Trinajstić information content (AvgIpc) is 2.22. The van der Waals surface area contributed by atoms with Gasteiger partial charge in [0.2, 0.25) is 0 Å². The molecule has 0 heterocycles. The first-order valence-corrected chi connectivity index (χ1v) is 5.95. The monoisotopic (exact) mass is 256 g/mol. The summed E-state index contributed by atoms with van der Waals surface area (Å²) in [6, 6.07) is 1.75. The van der Waals surface area contributed by atoms with Gasteiger partial charge >= 0.3 is 5.97 Å². The maximum Gasteiger partial charge on any atom is 0.303 e. The lowest BCUT2D eigenvalue weighted by Crippen LogP contribution is -2.02. The molecule has 0 aromatic heterocycles. The predicted octanol–water partition coefficient (Wildman–Crippen LogP) is 3.49. The Hall–Kier alpha value is -1.22. The third-order valence-electron chi connectivity index (χ3n) is 2.86. The molecule has 0 bridgehead atoms. The molecule has 0 spiro atoms. The molecule has 0 atom stereocenters. The van der Waals surface area contributed by atoms with Crippen LogP contribution in [0.2, 0.25) is 5.02 Å². The van der Waals surface area contributed by atoms with Crippen LogP contribution in [0.3, 0.4) is 0 Å². The molecule has 1 rings (SSSR count). The van der Waals surface area contributed by atoms with Crippen LogP contribution in [0.5, 0.6) is 5.75 Å².